The van der Waals surface area contributed by atoms with Crippen LogP contribution in [0.4, 0.5) is 48.3 Å². The Hall–Kier alpha value is -3.67. The SMILES string of the molecule is Fc1c(F)c(F)c(-c2ccc(C=C(c3cccc(C(F)(F)F)c3)c3cccc(C(F)(F)F)c3)s2)c(F)c1F. The molecule has 0 atom stereocenters. The third kappa shape index (κ3) is 5.31. The average Bonchev–Trinajstić information content (AvgIpc) is 3.32. The molecule has 0 amide bonds. The number of thiophene rings is 1. The van der Waals surface area contributed by atoms with E-state index < -0.39 is 63.0 Å². The molecule has 0 spiro atoms. The molecule has 3 aromatic carbocycles. The topological polar surface area (TPSA) is 0 Å². The Morgan fingerprint density at radius 1 is 0.579 bits per heavy atom. The monoisotopic (exact) mass is 564 g/mol. The maximum absolute atomic E-state index is 14.3. The Morgan fingerprint density at radius 2 is 1.03 bits per heavy atom. The van der Waals surface area contributed by atoms with Crippen molar-refractivity contribution in [1.82, 2.24) is 0 Å². The third-order valence-electron chi connectivity index (χ3n) is 5.37. The summed E-state index contributed by atoms with van der Waals surface area (Å²) >= 11 is 0.518. The van der Waals surface area contributed by atoms with Gasteiger partial charge in [-0.25, -0.2) is 22.0 Å². The van der Waals surface area contributed by atoms with Crippen LogP contribution in [-0.2, 0) is 12.4 Å². The van der Waals surface area contributed by atoms with E-state index in [-0.39, 0.29) is 21.6 Å². The predicted molar refractivity (Wildman–Crippen MR) is 119 cm³/mol. The van der Waals surface area contributed by atoms with Crippen LogP contribution in [0.1, 0.15) is 27.1 Å². The highest BCUT2D eigenvalue weighted by Crippen LogP contribution is 2.39. The second-order valence-electron chi connectivity index (χ2n) is 7.86. The second kappa shape index (κ2) is 9.90. The van der Waals surface area contributed by atoms with E-state index in [4.69, 9.17) is 0 Å². The minimum absolute atomic E-state index is 0.0498. The van der Waals surface area contributed by atoms with Gasteiger partial charge >= 0.3 is 12.4 Å². The molecule has 0 bridgehead atoms. The molecule has 0 fully saturated rings. The van der Waals surface area contributed by atoms with Gasteiger partial charge in [-0.05, 0) is 59.2 Å². The summed E-state index contributed by atoms with van der Waals surface area (Å²) in [6.07, 6.45) is -8.38. The first-order valence-electron chi connectivity index (χ1n) is 10.4. The third-order valence-corrected chi connectivity index (χ3v) is 6.42. The Balaban J connectivity index is 1.90. The zero-order valence-electron chi connectivity index (χ0n) is 18.4. The zero-order valence-corrected chi connectivity index (χ0v) is 19.2. The van der Waals surface area contributed by atoms with Crippen LogP contribution in [0.5, 0.6) is 0 Å². The Bertz CT molecular complexity index is 1450. The first-order valence-corrected chi connectivity index (χ1v) is 11.2. The Morgan fingerprint density at radius 3 is 1.47 bits per heavy atom. The number of rotatable bonds is 4. The van der Waals surface area contributed by atoms with Crippen molar-refractivity contribution in [1.29, 1.82) is 0 Å². The molecule has 0 saturated carbocycles. The van der Waals surface area contributed by atoms with Gasteiger partial charge in [0.2, 0.25) is 5.82 Å². The quantitative estimate of drug-likeness (QED) is 0.132. The molecule has 0 unspecified atom stereocenters. The van der Waals surface area contributed by atoms with Crippen molar-refractivity contribution < 1.29 is 48.3 Å². The molecule has 0 saturated heterocycles. The minimum Gasteiger partial charge on any atom is -0.203 e. The van der Waals surface area contributed by atoms with Crippen LogP contribution in [0.2, 0.25) is 0 Å². The summed E-state index contributed by atoms with van der Waals surface area (Å²) in [5, 5.41) is 0. The molecule has 0 radical (unpaired) electrons. The van der Waals surface area contributed by atoms with Gasteiger partial charge in [0.1, 0.15) is 0 Å². The first kappa shape index (κ1) is 27.4. The van der Waals surface area contributed by atoms with Gasteiger partial charge in [-0.2, -0.15) is 26.3 Å². The van der Waals surface area contributed by atoms with Gasteiger partial charge in [0.05, 0.1) is 16.7 Å². The normalized spacial score (nSPS) is 12.1. The lowest BCUT2D eigenvalue weighted by molar-refractivity contribution is -0.138. The van der Waals surface area contributed by atoms with E-state index in [0.717, 1.165) is 36.4 Å². The molecule has 198 valence electrons. The molecule has 0 aliphatic carbocycles. The number of benzene rings is 3. The van der Waals surface area contributed by atoms with Crippen LogP contribution in [0.3, 0.4) is 0 Å². The van der Waals surface area contributed by atoms with Gasteiger partial charge < -0.3 is 0 Å². The standard InChI is InChI=1S/C26H11F11S/c27-20-19(21(28)23(30)24(31)22(20)29)18-8-7-16(38-18)11-17(12-3-1-5-14(9-12)25(32,33)34)13-4-2-6-15(10-13)26(35,36)37/h1-11H. The van der Waals surface area contributed by atoms with Crippen molar-refractivity contribution in [3.05, 3.63) is 117 Å². The van der Waals surface area contributed by atoms with Crippen molar-refractivity contribution in [3.8, 4) is 10.4 Å². The van der Waals surface area contributed by atoms with Crippen LogP contribution in [0.15, 0.2) is 60.7 Å². The van der Waals surface area contributed by atoms with Gasteiger partial charge in [-0.15, -0.1) is 11.3 Å². The molecule has 0 N–H and O–H groups in total. The molecular formula is C26H11F11S. The van der Waals surface area contributed by atoms with Crippen molar-refractivity contribution in [2.24, 2.45) is 0 Å². The number of hydrogen-bond acceptors (Lipinski definition) is 1. The maximum Gasteiger partial charge on any atom is 0.416 e. The number of alkyl halides is 6. The molecular weight excluding hydrogens is 553 g/mol. The van der Waals surface area contributed by atoms with Crippen LogP contribution in [-0.4, -0.2) is 0 Å². The average molecular weight is 564 g/mol. The van der Waals surface area contributed by atoms with Crippen molar-refractivity contribution in [2.45, 2.75) is 12.4 Å². The van der Waals surface area contributed by atoms with Crippen LogP contribution < -0.4 is 0 Å². The van der Waals surface area contributed by atoms with Crippen molar-refractivity contribution >= 4 is 23.0 Å². The van der Waals surface area contributed by atoms with Crippen molar-refractivity contribution in [2.75, 3.05) is 0 Å². The van der Waals surface area contributed by atoms with E-state index in [2.05, 4.69) is 0 Å². The van der Waals surface area contributed by atoms with Gasteiger partial charge in [-0.3, -0.25) is 0 Å². The van der Waals surface area contributed by atoms with Crippen LogP contribution >= 0.6 is 11.3 Å². The molecule has 38 heavy (non-hydrogen) atoms. The molecule has 0 aliphatic rings. The lowest BCUT2D eigenvalue weighted by Crippen LogP contribution is -2.06. The van der Waals surface area contributed by atoms with E-state index in [9.17, 15) is 48.3 Å². The Kier molecular flexibility index (Phi) is 7.13. The number of halogens is 11. The first-order chi connectivity index (χ1) is 17.7. The fraction of sp³-hybridized carbons (Fsp3) is 0.0769. The highest BCUT2D eigenvalue weighted by Gasteiger charge is 2.32. The van der Waals surface area contributed by atoms with E-state index in [1.54, 1.807) is 0 Å². The Labute approximate surface area is 211 Å². The fourth-order valence-corrected chi connectivity index (χ4v) is 4.57. The molecule has 0 aliphatic heterocycles. The van der Waals surface area contributed by atoms with E-state index >= 15 is 0 Å². The summed E-state index contributed by atoms with van der Waals surface area (Å²) in [4.78, 5) is -0.356. The molecule has 1 heterocycles. The predicted octanol–water partition coefficient (Wildman–Crippen LogP) is 9.74. The highest BCUT2D eigenvalue weighted by molar-refractivity contribution is 7.16. The molecule has 0 nitrogen and oxygen atoms in total. The smallest absolute Gasteiger partial charge is 0.203 e. The molecule has 4 aromatic rings. The highest BCUT2D eigenvalue weighted by atomic mass is 32.1. The minimum atomic E-state index is -4.77. The fourth-order valence-electron chi connectivity index (χ4n) is 3.59. The molecule has 1 aromatic heterocycles. The van der Waals surface area contributed by atoms with Gasteiger partial charge in [0.25, 0.3) is 0 Å². The summed E-state index contributed by atoms with van der Waals surface area (Å²) in [6.45, 7) is 0. The van der Waals surface area contributed by atoms with Crippen molar-refractivity contribution in [3.63, 3.8) is 0 Å². The van der Waals surface area contributed by atoms with E-state index in [1.807, 2.05) is 0 Å². The maximum atomic E-state index is 14.3. The largest absolute Gasteiger partial charge is 0.416 e. The lowest BCUT2D eigenvalue weighted by atomic mass is 9.94. The van der Waals surface area contributed by atoms with Gasteiger partial charge in [0.15, 0.2) is 23.3 Å². The summed E-state index contributed by atoms with van der Waals surface area (Å²) < 4.78 is 149. The number of hydrogen-bond donors (Lipinski definition) is 0. The van der Waals surface area contributed by atoms with Crippen LogP contribution in [0, 0.1) is 29.1 Å². The summed E-state index contributed by atoms with van der Waals surface area (Å²) in [7, 11) is 0. The molecule has 4 rings (SSSR count). The van der Waals surface area contributed by atoms with Crippen LogP contribution in [0.25, 0.3) is 22.1 Å². The zero-order chi connectivity index (χ0) is 28.0. The lowest BCUT2D eigenvalue weighted by Gasteiger charge is -2.14. The second-order valence-corrected chi connectivity index (χ2v) is 8.98. The molecule has 12 heteroatoms. The summed E-state index contributed by atoms with van der Waals surface area (Å²) in [6, 6.07) is 9.70. The summed E-state index contributed by atoms with van der Waals surface area (Å²) in [5.74, 6) is -10.9. The summed E-state index contributed by atoms with van der Waals surface area (Å²) in [5.41, 5.74) is -3.77. The van der Waals surface area contributed by atoms with Gasteiger partial charge in [0, 0.05) is 9.75 Å². The van der Waals surface area contributed by atoms with E-state index in [1.165, 1.54) is 18.2 Å². The van der Waals surface area contributed by atoms with E-state index in [0.29, 0.717) is 23.5 Å². The van der Waals surface area contributed by atoms with Gasteiger partial charge in [-0.1, -0.05) is 24.3 Å².